The molecule has 0 bridgehead atoms. The van der Waals surface area contributed by atoms with Crippen molar-refractivity contribution in [2.75, 3.05) is 45.6 Å². The van der Waals surface area contributed by atoms with Crippen LogP contribution in [0.3, 0.4) is 0 Å². The number of hydrogen-bond acceptors (Lipinski definition) is 4. The highest BCUT2D eigenvalue weighted by Gasteiger charge is 2.33. The van der Waals surface area contributed by atoms with Crippen LogP contribution in [0.25, 0.3) is 0 Å². The number of nitrogens with one attached hydrogen (secondary N) is 2. The molecule has 1 aromatic carbocycles. The standard InChI is InChI=1S/C17H24Cl2N4O.ClH/c1-22(2)17(24)16-14(18)7-11(8-15(16)19)21-12-9-23(10-12)13-3-5-20-6-4-13;/h7-8,12-13,20-21H,3-6,9-10H2,1-2H3;1H. The Kier molecular flexibility index (Phi) is 7.23. The lowest BCUT2D eigenvalue weighted by atomic mass is 9.98. The molecular weight excluding hydrogens is 383 g/mol. The van der Waals surface area contributed by atoms with E-state index in [1.165, 1.54) is 17.7 Å². The number of piperidine rings is 1. The molecular formula is C17H25Cl3N4O. The highest BCUT2D eigenvalue weighted by Crippen LogP contribution is 2.31. The van der Waals surface area contributed by atoms with Gasteiger partial charge in [0.2, 0.25) is 0 Å². The SMILES string of the molecule is CN(C)C(=O)c1c(Cl)cc(NC2CN(C3CCNCC3)C2)cc1Cl.Cl. The molecule has 0 spiro atoms. The van der Waals surface area contributed by atoms with Gasteiger partial charge < -0.3 is 15.5 Å². The van der Waals surface area contributed by atoms with Gasteiger partial charge in [-0.2, -0.15) is 0 Å². The average Bonchev–Trinajstić information content (AvgIpc) is 2.50. The quantitative estimate of drug-likeness (QED) is 0.805. The second-order valence-electron chi connectivity index (χ2n) is 6.79. The first-order valence-electron chi connectivity index (χ1n) is 8.37. The maximum atomic E-state index is 12.1. The number of amides is 1. The number of anilines is 1. The molecule has 1 amide bonds. The lowest BCUT2D eigenvalue weighted by molar-refractivity contribution is 0.0826. The molecule has 2 aliphatic heterocycles. The van der Waals surface area contributed by atoms with E-state index in [0.29, 0.717) is 27.7 Å². The van der Waals surface area contributed by atoms with Crippen molar-refractivity contribution >= 4 is 47.2 Å². The third kappa shape index (κ3) is 4.72. The molecule has 2 fully saturated rings. The molecule has 2 N–H and O–H groups in total. The van der Waals surface area contributed by atoms with Crippen LogP contribution >= 0.6 is 35.6 Å². The summed E-state index contributed by atoms with van der Waals surface area (Å²) in [5.74, 6) is -0.183. The van der Waals surface area contributed by atoms with Crippen LogP contribution in [-0.4, -0.2) is 68.1 Å². The van der Waals surface area contributed by atoms with Gasteiger partial charge >= 0.3 is 0 Å². The van der Waals surface area contributed by atoms with Gasteiger partial charge in [-0.3, -0.25) is 9.69 Å². The Bertz CT molecular complexity index is 591. The van der Waals surface area contributed by atoms with Gasteiger partial charge in [0.15, 0.2) is 0 Å². The Morgan fingerprint density at radius 1 is 1.20 bits per heavy atom. The van der Waals surface area contributed by atoms with Crippen molar-refractivity contribution in [1.29, 1.82) is 0 Å². The Balaban J connectivity index is 0.00000225. The van der Waals surface area contributed by atoms with Crippen molar-refractivity contribution in [2.45, 2.75) is 24.9 Å². The fourth-order valence-electron chi connectivity index (χ4n) is 3.39. The lowest BCUT2D eigenvalue weighted by Gasteiger charge is -2.46. The van der Waals surface area contributed by atoms with Gasteiger partial charge in [-0.05, 0) is 38.1 Å². The topological polar surface area (TPSA) is 47.6 Å². The summed E-state index contributed by atoms with van der Waals surface area (Å²) in [5.41, 5.74) is 1.23. The van der Waals surface area contributed by atoms with E-state index in [-0.39, 0.29) is 18.3 Å². The summed E-state index contributed by atoms with van der Waals surface area (Å²) in [6.07, 6.45) is 2.46. The Morgan fingerprint density at radius 3 is 2.28 bits per heavy atom. The molecule has 140 valence electrons. The number of benzene rings is 1. The van der Waals surface area contributed by atoms with Crippen LogP contribution in [0.1, 0.15) is 23.2 Å². The molecule has 0 radical (unpaired) electrons. The van der Waals surface area contributed by atoms with Crippen LogP contribution in [0.2, 0.25) is 10.0 Å². The van der Waals surface area contributed by atoms with Gasteiger partial charge in [-0.15, -0.1) is 12.4 Å². The first-order chi connectivity index (χ1) is 11.5. The zero-order chi connectivity index (χ0) is 17.3. The van der Waals surface area contributed by atoms with Crippen molar-refractivity contribution in [1.82, 2.24) is 15.1 Å². The Labute approximate surface area is 165 Å². The highest BCUT2D eigenvalue weighted by atomic mass is 35.5. The summed E-state index contributed by atoms with van der Waals surface area (Å²) >= 11 is 12.6. The van der Waals surface area contributed by atoms with Crippen molar-refractivity contribution in [2.24, 2.45) is 0 Å². The van der Waals surface area contributed by atoms with Crippen LogP contribution in [0.4, 0.5) is 5.69 Å². The van der Waals surface area contributed by atoms with Crippen molar-refractivity contribution in [3.63, 3.8) is 0 Å². The summed E-state index contributed by atoms with van der Waals surface area (Å²) in [7, 11) is 3.37. The smallest absolute Gasteiger partial charge is 0.256 e. The average molecular weight is 408 g/mol. The van der Waals surface area contributed by atoms with E-state index < -0.39 is 0 Å². The van der Waals surface area contributed by atoms with Crippen LogP contribution in [0, 0.1) is 0 Å². The molecule has 3 rings (SSSR count). The van der Waals surface area contributed by atoms with Gasteiger partial charge in [0.25, 0.3) is 5.91 Å². The van der Waals surface area contributed by atoms with Gasteiger partial charge in [0, 0.05) is 38.9 Å². The van der Waals surface area contributed by atoms with Gasteiger partial charge in [-0.25, -0.2) is 0 Å². The van der Waals surface area contributed by atoms with E-state index >= 15 is 0 Å². The molecule has 5 nitrogen and oxygen atoms in total. The normalized spacial score (nSPS) is 19.0. The number of nitrogens with zero attached hydrogens (tertiary/aromatic N) is 2. The molecule has 8 heteroatoms. The van der Waals surface area contributed by atoms with E-state index in [0.717, 1.165) is 31.9 Å². The van der Waals surface area contributed by atoms with Crippen LogP contribution in [-0.2, 0) is 0 Å². The molecule has 0 aliphatic carbocycles. The van der Waals surface area contributed by atoms with Crippen molar-refractivity contribution < 1.29 is 4.79 Å². The maximum Gasteiger partial charge on any atom is 0.256 e. The van der Waals surface area contributed by atoms with Crippen LogP contribution in [0.5, 0.6) is 0 Å². The number of likely N-dealkylation sites (tertiary alicyclic amines) is 1. The predicted octanol–water partition coefficient (Wildman–Crippen LogP) is 2.97. The Morgan fingerprint density at radius 2 is 1.76 bits per heavy atom. The van der Waals surface area contributed by atoms with E-state index in [9.17, 15) is 4.79 Å². The first kappa shape index (κ1) is 20.6. The number of carbonyl (C=O) groups is 1. The number of hydrogen-bond donors (Lipinski definition) is 2. The van der Waals surface area contributed by atoms with E-state index in [2.05, 4.69) is 15.5 Å². The van der Waals surface area contributed by atoms with Crippen molar-refractivity contribution in [3.8, 4) is 0 Å². The minimum Gasteiger partial charge on any atom is -0.380 e. The summed E-state index contributed by atoms with van der Waals surface area (Å²) < 4.78 is 0. The molecule has 0 unspecified atom stereocenters. The van der Waals surface area contributed by atoms with Crippen LogP contribution < -0.4 is 10.6 Å². The fraction of sp³-hybridized carbons (Fsp3) is 0.588. The monoisotopic (exact) mass is 406 g/mol. The summed E-state index contributed by atoms with van der Waals surface area (Å²) in [6.45, 7) is 4.31. The third-order valence-corrected chi connectivity index (χ3v) is 5.36. The molecule has 0 aromatic heterocycles. The molecule has 1 aromatic rings. The fourth-order valence-corrected chi connectivity index (χ4v) is 4.04. The molecule has 0 atom stereocenters. The zero-order valence-electron chi connectivity index (χ0n) is 14.5. The van der Waals surface area contributed by atoms with Crippen LogP contribution in [0.15, 0.2) is 12.1 Å². The molecule has 25 heavy (non-hydrogen) atoms. The number of halogens is 3. The Hall–Kier alpha value is -0.720. The van der Waals surface area contributed by atoms with Gasteiger partial charge in [-0.1, -0.05) is 23.2 Å². The van der Waals surface area contributed by atoms with Crippen molar-refractivity contribution in [3.05, 3.63) is 27.7 Å². The highest BCUT2D eigenvalue weighted by molar-refractivity contribution is 6.40. The zero-order valence-corrected chi connectivity index (χ0v) is 16.8. The minimum atomic E-state index is -0.183. The predicted molar refractivity (Wildman–Crippen MR) is 107 cm³/mol. The van der Waals surface area contributed by atoms with Gasteiger partial charge in [0.05, 0.1) is 21.7 Å². The second-order valence-corrected chi connectivity index (χ2v) is 7.61. The second kappa shape index (κ2) is 8.78. The van der Waals surface area contributed by atoms with E-state index in [1.54, 1.807) is 26.2 Å². The molecule has 0 saturated carbocycles. The van der Waals surface area contributed by atoms with E-state index in [4.69, 9.17) is 23.2 Å². The first-order valence-corrected chi connectivity index (χ1v) is 9.13. The third-order valence-electron chi connectivity index (χ3n) is 4.77. The molecule has 2 saturated heterocycles. The largest absolute Gasteiger partial charge is 0.380 e. The number of rotatable bonds is 4. The minimum absolute atomic E-state index is 0. The molecule has 2 aliphatic rings. The summed E-state index contributed by atoms with van der Waals surface area (Å²) in [6, 6.07) is 4.69. The van der Waals surface area contributed by atoms with E-state index in [1.807, 2.05) is 0 Å². The lowest BCUT2D eigenvalue weighted by Crippen LogP contribution is -2.60. The maximum absolute atomic E-state index is 12.1. The van der Waals surface area contributed by atoms with Gasteiger partial charge in [0.1, 0.15) is 0 Å². The summed E-state index contributed by atoms with van der Waals surface area (Å²) in [4.78, 5) is 16.1. The molecule has 2 heterocycles. The summed E-state index contributed by atoms with van der Waals surface area (Å²) in [5, 5.41) is 7.65. The number of carbonyl (C=O) groups excluding carboxylic acids is 1.